The Morgan fingerprint density at radius 3 is 1.07 bits per heavy atom. The van der Waals surface area contributed by atoms with Crippen molar-refractivity contribution in [2.45, 2.75) is 64.5 Å². The van der Waals surface area contributed by atoms with Gasteiger partial charge in [-0.25, -0.2) is 0 Å². The van der Waals surface area contributed by atoms with Gasteiger partial charge in [0, 0.05) is 13.7 Å². The number of hydrogen-bond acceptors (Lipinski definition) is 11. The van der Waals surface area contributed by atoms with Gasteiger partial charge >= 0.3 is 8.56 Å². The third kappa shape index (κ3) is 33.1. The quantitative estimate of drug-likeness (QED) is 0.0776. The molecule has 14 heteroatoms. The average molecular weight is 659 g/mol. The molecule has 1 unspecified atom stereocenters. The molecule has 252 valence electrons. The molecule has 0 N–H and O–H groups in total. The summed E-state index contributed by atoms with van der Waals surface area (Å²) >= 11 is 0. The third-order valence-electron chi connectivity index (χ3n) is 5.05. The molecule has 0 saturated heterocycles. The van der Waals surface area contributed by atoms with Gasteiger partial charge < -0.3 is 50.9 Å². The highest BCUT2D eigenvalue weighted by Crippen LogP contribution is 2.27. The highest BCUT2D eigenvalue weighted by molar-refractivity contribution is 6.83. The first-order valence-corrected chi connectivity index (χ1v) is 22.1. The summed E-state index contributed by atoms with van der Waals surface area (Å²) in [6.45, 7) is 24.9. The average Bonchev–Trinajstić information content (AvgIpc) is 2.90. The fourth-order valence-corrected chi connectivity index (χ4v) is 12.7. The fraction of sp³-hybridized carbons (Fsp3) is 1.00. The second kappa shape index (κ2) is 27.5. The zero-order valence-electron chi connectivity index (χ0n) is 27.9. The Balaban J connectivity index is 3.42. The Kier molecular flexibility index (Phi) is 27.7. The van der Waals surface area contributed by atoms with Crippen molar-refractivity contribution in [1.82, 2.24) is 0 Å². The summed E-state index contributed by atoms with van der Waals surface area (Å²) < 4.78 is 61.8. The maximum Gasteiger partial charge on any atom is 0.314 e. The predicted octanol–water partition coefficient (Wildman–Crippen LogP) is 3.93. The van der Waals surface area contributed by atoms with Crippen LogP contribution in [0.15, 0.2) is 0 Å². The number of ether oxygens (including phenoxy) is 9. The lowest BCUT2D eigenvalue weighted by Crippen LogP contribution is -2.49. The summed E-state index contributed by atoms with van der Waals surface area (Å²) in [4.78, 5) is 0. The zero-order chi connectivity index (χ0) is 31.4. The fourth-order valence-electron chi connectivity index (χ4n) is 3.31. The van der Waals surface area contributed by atoms with Gasteiger partial charge in [0.05, 0.1) is 106 Å². The third-order valence-corrected chi connectivity index (χ3v) is 13.2. The maximum atomic E-state index is 6.52. The summed E-state index contributed by atoms with van der Waals surface area (Å²) in [5, 5.41) is 0.158. The van der Waals surface area contributed by atoms with Crippen molar-refractivity contribution in [3.05, 3.63) is 0 Å². The first-order chi connectivity index (χ1) is 20.0. The summed E-state index contributed by atoms with van der Waals surface area (Å²) in [7, 11) is -1.77. The highest BCUT2D eigenvalue weighted by atomic mass is 28.5. The molecule has 0 aromatic rings. The van der Waals surface area contributed by atoms with Crippen LogP contribution in [0.4, 0.5) is 0 Å². The Labute approximate surface area is 261 Å². The molecule has 0 aliphatic heterocycles. The van der Waals surface area contributed by atoms with Gasteiger partial charge in [0.1, 0.15) is 0 Å². The Morgan fingerprint density at radius 2 is 0.786 bits per heavy atom. The smallest absolute Gasteiger partial charge is 0.314 e. The first kappa shape index (κ1) is 42.2. The van der Waals surface area contributed by atoms with Crippen molar-refractivity contribution in [2.24, 2.45) is 0 Å². The van der Waals surface area contributed by atoms with Crippen molar-refractivity contribution < 1.29 is 50.9 Å². The van der Waals surface area contributed by atoms with Crippen LogP contribution in [0.2, 0.25) is 37.3 Å². The van der Waals surface area contributed by atoms with E-state index in [1.807, 2.05) is 0 Å². The van der Waals surface area contributed by atoms with E-state index >= 15 is 0 Å². The molecular formula is C28H62O11Si3. The van der Waals surface area contributed by atoms with Crippen molar-refractivity contribution in [1.29, 1.82) is 0 Å². The summed E-state index contributed by atoms with van der Waals surface area (Å²) in [5.41, 5.74) is 0. The van der Waals surface area contributed by atoms with Crippen LogP contribution in [0.25, 0.3) is 0 Å². The van der Waals surface area contributed by atoms with Gasteiger partial charge in [-0.3, -0.25) is 0 Å². The van der Waals surface area contributed by atoms with Crippen molar-refractivity contribution in [2.75, 3.05) is 119 Å². The van der Waals surface area contributed by atoms with Crippen LogP contribution in [0.1, 0.15) is 27.2 Å². The molecule has 0 heterocycles. The normalized spacial score (nSPS) is 14.0. The highest BCUT2D eigenvalue weighted by Gasteiger charge is 2.37. The van der Waals surface area contributed by atoms with Gasteiger partial charge in [0.25, 0.3) is 0 Å². The molecule has 0 fully saturated rings. The van der Waals surface area contributed by atoms with Crippen LogP contribution in [0.3, 0.4) is 0 Å². The molecule has 0 bridgehead atoms. The molecule has 0 amide bonds. The lowest BCUT2D eigenvalue weighted by molar-refractivity contribution is -0.0242. The maximum absolute atomic E-state index is 6.52. The molecule has 0 aromatic heterocycles. The monoisotopic (exact) mass is 658 g/mol. The minimum absolute atomic E-state index is 0.158. The first-order valence-electron chi connectivity index (χ1n) is 15.2. The largest absolute Gasteiger partial charge is 0.437 e. The molecule has 0 aliphatic carbocycles. The van der Waals surface area contributed by atoms with Crippen LogP contribution < -0.4 is 0 Å². The van der Waals surface area contributed by atoms with E-state index < -0.39 is 16.9 Å². The molecule has 0 aromatic carbocycles. The minimum atomic E-state index is -2.20. The summed E-state index contributed by atoms with van der Waals surface area (Å²) in [5.74, 6) is 0. The van der Waals surface area contributed by atoms with Crippen LogP contribution >= 0.6 is 0 Å². The van der Waals surface area contributed by atoms with Crippen molar-refractivity contribution >= 4 is 26.6 Å². The molecule has 0 spiro atoms. The Bertz CT molecular complexity index is 580. The molecule has 0 rings (SSSR count). The van der Waals surface area contributed by atoms with Gasteiger partial charge in [-0.05, 0) is 43.7 Å². The molecule has 11 nitrogen and oxygen atoms in total. The summed E-state index contributed by atoms with van der Waals surface area (Å²) in [6.07, 6.45) is 0.937. The second-order valence-corrected chi connectivity index (χ2v) is 22.1. The van der Waals surface area contributed by atoms with Crippen LogP contribution in [-0.2, 0) is 50.9 Å². The van der Waals surface area contributed by atoms with Gasteiger partial charge in [0.15, 0.2) is 8.32 Å². The predicted molar refractivity (Wildman–Crippen MR) is 170 cm³/mol. The van der Waals surface area contributed by atoms with E-state index in [2.05, 4.69) is 47.0 Å². The standard InChI is InChI=1S/C28H62O11Si3/c1-28(2,3)40-38-42(8,39-41(5,6)7)27-9-10-30-13-14-32-17-18-34-21-22-36-25-26-37-24-23-35-20-19-33-16-15-31-12-11-29-4/h9-27H2,1-8H3. The number of hydrogen-bond donors (Lipinski definition) is 0. The van der Waals surface area contributed by atoms with Gasteiger partial charge in [-0.1, -0.05) is 20.8 Å². The van der Waals surface area contributed by atoms with E-state index in [-0.39, 0.29) is 5.04 Å². The second-order valence-electron chi connectivity index (χ2n) is 11.8. The molecule has 0 aliphatic rings. The minimum Gasteiger partial charge on any atom is -0.437 e. The SMILES string of the molecule is COCCOCCOCCOCCOCCOCCOCCOCCOCCC[Si](C)(O[Si]C(C)(C)C)O[Si](C)(C)C. The van der Waals surface area contributed by atoms with Gasteiger partial charge in [-0.15, -0.1) is 0 Å². The molecule has 2 radical (unpaired) electrons. The van der Waals surface area contributed by atoms with E-state index in [9.17, 15) is 0 Å². The summed E-state index contributed by atoms with van der Waals surface area (Å²) in [6, 6.07) is 0.946. The van der Waals surface area contributed by atoms with Crippen LogP contribution in [0.5, 0.6) is 0 Å². The topological polar surface area (TPSA) is 102 Å². The molecular weight excluding hydrogens is 597 g/mol. The Hall–Kier alpha value is 0.211. The van der Waals surface area contributed by atoms with Crippen LogP contribution in [0, 0.1) is 0 Å². The lowest BCUT2D eigenvalue weighted by Gasteiger charge is -2.35. The Morgan fingerprint density at radius 1 is 0.476 bits per heavy atom. The number of methoxy groups -OCH3 is 1. The molecule has 1 atom stereocenters. The van der Waals surface area contributed by atoms with E-state index in [1.54, 1.807) is 7.11 Å². The van der Waals surface area contributed by atoms with E-state index in [0.717, 1.165) is 12.5 Å². The van der Waals surface area contributed by atoms with Crippen molar-refractivity contribution in [3.63, 3.8) is 0 Å². The molecule has 0 saturated carbocycles. The van der Waals surface area contributed by atoms with Crippen molar-refractivity contribution in [3.8, 4) is 0 Å². The van der Waals surface area contributed by atoms with E-state index in [0.29, 0.717) is 122 Å². The van der Waals surface area contributed by atoms with Crippen LogP contribution in [-0.4, -0.2) is 146 Å². The molecule has 42 heavy (non-hydrogen) atoms. The number of rotatable bonds is 32. The zero-order valence-corrected chi connectivity index (χ0v) is 30.9. The van der Waals surface area contributed by atoms with Gasteiger partial charge in [0.2, 0.25) is 9.76 Å². The van der Waals surface area contributed by atoms with E-state index in [4.69, 9.17) is 50.9 Å². The lowest BCUT2D eigenvalue weighted by atomic mass is 10.3. The van der Waals surface area contributed by atoms with E-state index in [1.165, 1.54) is 0 Å². The van der Waals surface area contributed by atoms with Gasteiger partial charge in [-0.2, -0.15) is 0 Å².